The molecule has 0 bridgehead atoms. The van der Waals surface area contributed by atoms with Crippen molar-refractivity contribution in [3.8, 4) is 0 Å². The van der Waals surface area contributed by atoms with Crippen molar-refractivity contribution in [1.82, 2.24) is 5.32 Å². The van der Waals surface area contributed by atoms with Gasteiger partial charge >= 0.3 is 5.97 Å². The maximum Gasteiger partial charge on any atom is 0.328 e. The molecule has 2 amide bonds. The van der Waals surface area contributed by atoms with Gasteiger partial charge in [0.25, 0.3) is 0 Å². The maximum atomic E-state index is 12.0. The van der Waals surface area contributed by atoms with Crippen molar-refractivity contribution in [2.75, 3.05) is 19.0 Å². The first-order valence-electron chi connectivity index (χ1n) is 6.90. The molecule has 0 aliphatic rings. The SMILES string of the molecule is COCC(NC(=O)C(C)Sc1ccc(NC(C)=O)cc1)C(=O)O. The van der Waals surface area contributed by atoms with Crippen LogP contribution in [0.25, 0.3) is 0 Å². The zero-order valence-electron chi connectivity index (χ0n) is 13.2. The van der Waals surface area contributed by atoms with E-state index in [0.717, 1.165) is 4.90 Å². The average molecular weight is 340 g/mol. The fraction of sp³-hybridized carbons (Fsp3) is 0.400. The number of ether oxygens (including phenoxy) is 1. The molecule has 126 valence electrons. The van der Waals surface area contributed by atoms with E-state index in [4.69, 9.17) is 9.84 Å². The molecule has 0 spiro atoms. The largest absolute Gasteiger partial charge is 0.480 e. The van der Waals surface area contributed by atoms with Crippen molar-refractivity contribution in [1.29, 1.82) is 0 Å². The number of thioether (sulfide) groups is 1. The van der Waals surface area contributed by atoms with E-state index in [-0.39, 0.29) is 18.4 Å². The number of benzene rings is 1. The quantitative estimate of drug-likeness (QED) is 0.617. The fourth-order valence-corrected chi connectivity index (χ4v) is 2.58. The number of amides is 2. The van der Waals surface area contributed by atoms with E-state index in [2.05, 4.69) is 10.6 Å². The summed E-state index contributed by atoms with van der Waals surface area (Å²) in [5, 5.41) is 13.6. The summed E-state index contributed by atoms with van der Waals surface area (Å²) >= 11 is 1.29. The van der Waals surface area contributed by atoms with Crippen LogP contribution in [-0.4, -0.2) is 47.9 Å². The molecule has 0 radical (unpaired) electrons. The van der Waals surface area contributed by atoms with Crippen LogP contribution < -0.4 is 10.6 Å². The number of carboxylic acid groups (broad SMARTS) is 1. The average Bonchev–Trinajstić information content (AvgIpc) is 2.48. The summed E-state index contributed by atoms with van der Waals surface area (Å²) in [6, 6.07) is 5.96. The zero-order valence-corrected chi connectivity index (χ0v) is 14.0. The second kappa shape index (κ2) is 9.16. The zero-order chi connectivity index (χ0) is 17.4. The van der Waals surface area contributed by atoms with Crippen LogP contribution in [0.3, 0.4) is 0 Å². The van der Waals surface area contributed by atoms with Gasteiger partial charge in [-0.3, -0.25) is 9.59 Å². The molecule has 0 aliphatic heterocycles. The van der Waals surface area contributed by atoms with E-state index in [1.54, 1.807) is 31.2 Å². The molecule has 1 aromatic rings. The van der Waals surface area contributed by atoms with Crippen LogP contribution in [0.5, 0.6) is 0 Å². The van der Waals surface area contributed by atoms with Crippen molar-refractivity contribution < 1.29 is 24.2 Å². The first kappa shape index (κ1) is 19.0. The highest BCUT2D eigenvalue weighted by atomic mass is 32.2. The summed E-state index contributed by atoms with van der Waals surface area (Å²) in [4.78, 5) is 34.8. The van der Waals surface area contributed by atoms with Gasteiger partial charge in [0.15, 0.2) is 6.04 Å². The summed E-state index contributed by atoms with van der Waals surface area (Å²) < 4.78 is 4.77. The topological polar surface area (TPSA) is 105 Å². The molecule has 0 saturated carbocycles. The monoisotopic (exact) mass is 340 g/mol. The minimum atomic E-state index is -1.14. The van der Waals surface area contributed by atoms with Gasteiger partial charge in [0, 0.05) is 24.6 Å². The Balaban J connectivity index is 2.60. The number of carboxylic acids is 1. The lowest BCUT2D eigenvalue weighted by Crippen LogP contribution is -2.46. The van der Waals surface area contributed by atoms with E-state index in [1.165, 1.54) is 25.8 Å². The first-order valence-corrected chi connectivity index (χ1v) is 7.78. The normalized spacial score (nSPS) is 13.0. The molecule has 7 nitrogen and oxygen atoms in total. The number of anilines is 1. The van der Waals surface area contributed by atoms with Crippen LogP contribution in [0.1, 0.15) is 13.8 Å². The highest BCUT2D eigenvalue weighted by Gasteiger charge is 2.23. The minimum absolute atomic E-state index is 0.0934. The molecule has 0 heterocycles. The predicted molar refractivity (Wildman–Crippen MR) is 87.5 cm³/mol. The third-order valence-corrected chi connectivity index (χ3v) is 3.92. The number of carbonyl (C=O) groups excluding carboxylic acids is 2. The Hall–Kier alpha value is -2.06. The Kier molecular flexibility index (Phi) is 7.56. The molecule has 2 unspecified atom stereocenters. The lowest BCUT2D eigenvalue weighted by atomic mass is 10.3. The summed E-state index contributed by atoms with van der Waals surface area (Å²) in [5.74, 6) is -1.68. The molecule has 2 atom stereocenters. The summed E-state index contributed by atoms with van der Waals surface area (Å²) in [6.07, 6.45) is 0. The molecular weight excluding hydrogens is 320 g/mol. The number of hydrogen-bond donors (Lipinski definition) is 3. The molecular formula is C15H20N2O5S. The van der Waals surface area contributed by atoms with Crippen molar-refractivity contribution >= 4 is 35.2 Å². The first-order chi connectivity index (χ1) is 10.8. The second-order valence-electron chi connectivity index (χ2n) is 4.82. The fourth-order valence-electron chi connectivity index (χ4n) is 1.71. The van der Waals surface area contributed by atoms with E-state index in [0.29, 0.717) is 5.69 Å². The summed E-state index contributed by atoms with van der Waals surface area (Å²) in [5.41, 5.74) is 0.671. The predicted octanol–water partition coefficient (Wildman–Crippen LogP) is 1.34. The third-order valence-electron chi connectivity index (χ3n) is 2.80. The van der Waals surface area contributed by atoms with Crippen LogP contribution in [0.4, 0.5) is 5.69 Å². The number of aliphatic carboxylic acids is 1. The molecule has 3 N–H and O–H groups in total. The van der Waals surface area contributed by atoms with Crippen LogP contribution in [0, 0.1) is 0 Å². The molecule has 1 rings (SSSR count). The number of nitrogens with one attached hydrogen (secondary N) is 2. The molecule has 0 aliphatic carbocycles. The highest BCUT2D eigenvalue weighted by Crippen LogP contribution is 2.24. The number of rotatable bonds is 8. The molecule has 1 aromatic carbocycles. The van der Waals surface area contributed by atoms with Crippen molar-refractivity contribution in [3.05, 3.63) is 24.3 Å². The molecule has 0 aromatic heterocycles. The minimum Gasteiger partial charge on any atom is -0.480 e. The van der Waals surface area contributed by atoms with Crippen molar-refractivity contribution in [2.45, 2.75) is 30.0 Å². The molecule has 0 fully saturated rings. The second-order valence-corrected chi connectivity index (χ2v) is 6.23. The van der Waals surface area contributed by atoms with Gasteiger partial charge in [-0.25, -0.2) is 4.79 Å². The van der Waals surface area contributed by atoms with E-state index >= 15 is 0 Å². The third kappa shape index (κ3) is 6.70. The summed E-state index contributed by atoms with van der Waals surface area (Å²) in [7, 11) is 1.37. The van der Waals surface area contributed by atoms with Gasteiger partial charge in [-0.15, -0.1) is 11.8 Å². The molecule has 23 heavy (non-hydrogen) atoms. The Labute approximate surface area is 138 Å². The molecule has 0 saturated heterocycles. The number of methoxy groups -OCH3 is 1. The smallest absolute Gasteiger partial charge is 0.328 e. The Morgan fingerprint density at radius 3 is 2.35 bits per heavy atom. The van der Waals surface area contributed by atoms with Crippen LogP contribution in [0.15, 0.2) is 29.2 Å². The maximum absolute atomic E-state index is 12.0. The highest BCUT2D eigenvalue weighted by molar-refractivity contribution is 8.00. The lowest BCUT2D eigenvalue weighted by Gasteiger charge is -2.17. The van der Waals surface area contributed by atoms with E-state index < -0.39 is 17.3 Å². The van der Waals surface area contributed by atoms with Gasteiger partial charge < -0.3 is 20.5 Å². The Morgan fingerprint density at radius 1 is 1.26 bits per heavy atom. The van der Waals surface area contributed by atoms with Crippen LogP contribution in [0.2, 0.25) is 0 Å². The Bertz CT molecular complexity index is 561. The van der Waals surface area contributed by atoms with E-state index in [9.17, 15) is 14.4 Å². The van der Waals surface area contributed by atoms with Gasteiger partial charge in [-0.2, -0.15) is 0 Å². The van der Waals surface area contributed by atoms with Gasteiger partial charge in [-0.05, 0) is 31.2 Å². The van der Waals surface area contributed by atoms with Crippen molar-refractivity contribution in [2.24, 2.45) is 0 Å². The van der Waals surface area contributed by atoms with Crippen molar-refractivity contribution in [3.63, 3.8) is 0 Å². The van der Waals surface area contributed by atoms with Gasteiger partial charge in [0.05, 0.1) is 11.9 Å². The number of hydrogen-bond acceptors (Lipinski definition) is 5. The van der Waals surface area contributed by atoms with Crippen LogP contribution in [-0.2, 0) is 19.1 Å². The standard InChI is InChI=1S/C15H20N2O5S/c1-9(14(19)17-13(8-22-3)15(20)21)23-12-6-4-11(5-7-12)16-10(2)18/h4-7,9,13H,8H2,1-3H3,(H,16,18)(H,17,19)(H,20,21). The Morgan fingerprint density at radius 2 is 1.87 bits per heavy atom. The summed E-state index contributed by atoms with van der Waals surface area (Å²) in [6.45, 7) is 3.02. The van der Waals surface area contributed by atoms with Gasteiger partial charge in [0.1, 0.15) is 0 Å². The van der Waals surface area contributed by atoms with Gasteiger partial charge in [-0.1, -0.05) is 0 Å². The van der Waals surface area contributed by atoms with Gasteiger partial charge in [0.2, 0.25) is 11.8 Å². The van der Waals surface area contributed by atoms with Crippen LogP contribution >= 0.6 is 11.8 Å². The lowest BCUT2D eigenvalue weighted by molar-refractivity contribution is -0.143. The number of carbonyl (C=O) groups is 3. The molecule has 8 heteroatoms. The van der Waals surface area contributed by atoms with E-state index in [1.807, 2.05) is 0 Å².